The standard InChI is InChI=1S/C25H27N/c1-18-10-5-7-16-23(18)26-24-17-8-6-13-21(24)22-15-9-14-20(25(22)26)19-11-3-2-4-12-19/h2-5,7,10-12,14,16,18,23H,6,8-9,13,15,17H2,1H3. The lowest BCUT2D eigenvalue weighted by molar-refractivity contribution is 0.461. The first kappa shape index (κ1) is 15.9. The van der Waals surface area contributed by atoms with Crippen LogP contribution in [0.3, 0.4) is 0 Å². The van der Waals surface area contributed by atoms with Gasteiger partial charge in [-0.05, 0) is 61.1 Å². The molecule has 5 rings (SSSR count). The Bertz CT molecular complexity index is 907. The molecule has 2 unspecified atom stereocenters. The van der Waals surface area contributed by atoms with Gasteiger partial charge in [0.05, 0.1) is 11.7 Å². The zero-order valence-electron chi connectivity index (χ0n) is 15.6. The molecular weight excluding hydrogens is 314 g/mol. The van der Waals surface area contributed by atoms with Gasteiger partial charge in [0.1, 0.15) is 0 Å². The van der Waals surface area contributed by atoms with Gasteiger partial charge in [0.2, 0.25) is 0 Å². The lowest BCUT2D eigenvalue weighted by atomic mass is 9.87. The van der Waals surface area contributed by atoms with Gasteiger partial charge in [-0.3, -0.25) is 0 Å². The molecule has 0 bridgehead atoms. The van der Waals surface area contributed by atoms with Crippen LogP contribution in [0.4, 0.5) is 0 Å². The smallest absolute Gasteiger partial charge is 0.0582 e. The summed E-state index contributed by atoms with van der Waals surface area (Å²) in [7, 11) is 0. The molecule has 3 aliphatic rings. The minimum Gasteiger partial charge on any atom is -0.337 e. The lowest BCUT2D eigenvalue weighted by Gasteiger charge is -2.29. The summed E-state index contributed by atoms with van der Waals surface area (Å²) in [5.41, 5.74) is 9.30. The van der Waals surface area contributed by atoms with E-state index in [1.807, 2.05) is 0 Å². The molecule has 0 saturated carbocycles. The number of nitrogens with zero attached hydrogens (tertiary/aromatic N) is 1. The van der Waals surface area contributed by atoms with Crippen molar-refractivity contribution in [1.82, 2.24) is 4.57 Å². The van der Waals surface area contributed by atoms with E-state index in [1.165, 1.54) is 55.4 Å². The zero-order valence-corrected chi connectivity index (χ0v) is 15.6. The Morgan fingerprint density at radius 1 is 0.885 bits per heavy atom. The molecule has 0 aliphatic heterocycles. The molecule has 132 valence electrons. The van der Waals surface area contributed by atoms with Gasteiger partial charge in [-0.2, -0.15) is 0 Å². The second kappa shape index (κ2) is 6.46. The molecule has 1 heterocycles. The van der Waals surface area contributed by atoms with Crippen molar-refractivity contribution in [1.29, 1.82) is 0 Å². The predicted molar refractivity (Wildman–Crippen MR) is 109 cm³/mol. The first-order chi connectivity index (χ1) is 12.8. The number of aromatic nitrogens is 1. The summed E-state index contributed by atoms with van der Waals surface area (Å²) in [6, 6.07) is 11.5. The van der Waals surface area contributed by atoms with Crippen LogP contribution in [0.25, 0.3) is 5.57 Å². The molecule has 0 amide bonds. The molecule has 1 nitrogen and oxygen atoms in total. The molecule has 0 fully saturated rings. The van der Waals surface area contributed by atoms with Gasteiger partial charge in [-0.1, -0.05) is 67.6 Å². The largest absolute Gasteiger partial charge is 0.337 e. The van der Waals surface area contributed by atoms with Gasteiger partial charge in [0.25, 0.3) is 0 Å². The van der Waals surface area contributed by atoms with Gasteiger partial charge < -0.3 is 4.57 Å². The van der Waals surface area contributed by atoms with Gasteiger partial charge in [-0.25, -0.2) is 0 Å². The fourth-order valence-electron chi connectivity index (χ4n) is 5.15. The van der Waals surface area contributed by atoms with Gasteiger partial charge >= 0.3 is 0 Å². The molecule has 0 N–H and O–H groups in total. The predicted octanol–water partition coefficient (Wildman–Crippen LogP) is 6.05. The summed E-state index contributed by atoms with van der Waals surface area (Å²) >= 11 is 0. The molecule has 3 aliphatic carbocycles. The first-order valence-electron chi connectivity index (χ1n) is 10.2. The van der Waals surface area contributed by atoms with E-state index in [0.717, 1.165) is 0 Å². The van der Waals surface area contributed by atoms with E-state index in [4.69, 9.17) is 0 Å². The second-order valence-corrected chi connectivity index (χ2v) is 7.97. The highest BCUT2D eigenvalue weighted by Crippen LogP contribution is 2.43. The van der Waals surface area contributed by atoms with Crippen molar-refractivity contribution in [2.24, 2.45) is 5.92 Å². The maximum atomic E-state index is 2.73. The molecule has 0 radical (unpaired) electrons. The number of benzene rings is 1. The highest BCUT2D eigenvalue weighted by atomic mass is 15.0. The van der Waals surface area contributed by atoms with Crippen molar-refractivity contribution >= 4 is 5.57 Å². The third kappa shape index (κ3) is 2.45. The Morgan fingerprint density at radius 3 is 2.54 bits per heavy atom. The van der Waals surface area contributed by atoms with Crippen LogP contribution in [0.5, 0.6) is 0 Å². The van der Waals surface area contributed by atoms with Crippen LogP contribution in [0.15, 0.2) is 60.7 Å². The summed E-state index contributed by atoms with van der Waals surface area (Å²) in [4.78, 5) is 0. The fourth-order valence-corrected chi connectivity index (χ4v) is 5.15. The minimum atomic E-state index is 0.445. The van der Waals surface area contributed by atoms with Crippen LogP contribution in [0, 0.1) is 5.92 Å². The zero-order chi connectivity index (χ0) is 17.5. The molecule has 1 heteroatoms. The van der Waals surface area contributed by atoms with E-state index in [2.05, 4.69) is 72.2 Å². The van der Waals surface area contributed by atoms with Crippen LogP contribution in [0.1, 0.15) is 60.3 Å². The number of hydrogen-bond donors (Lipinski definition) is 0. The Hall–Kier alpha value is -2.28. The van der Waals surface area contributed by atoms with Gasteiger partial charge in [0.15, 0.2) is 0 Å². The maximum Gasteiger partial charge on any atom is 0.0582 e. The first-order valence-corrected chi connectivity index (χ1v) is 10.2. The summed E-state index contributed by atoms with van der Waals surface area (Å²) < 4.78 is 2.73. The van der Waals surface area contributed by atoms with E-state index in [1.54, 1.807) is 16.8 Å². The Labute approximate surface area is 156 Å². The van der Waals surface area contributed by atoms with E-state index in [0.29, 0.717) is 12.0 Å². The summed E-state index contributed by atoms with van der Waals surface area (Å²) in [5.74, 6) is 0.543. The highest BCUT2D eigenvalue weighted by molar-refractivity contribution is 5.82. The van der Waals surface area contributed by atoms with Crippen LogP contribution < -0.4 is 0 Å². The van der Waals surface area contributed by atoms with Crippen LogP contribution in [-0.4, -0.2) is 4.57 Å². The Balaban J connectivity index is 1.75. The number of fused-ring (bicyclic) bond motifs is 3. The molecule has 2 atom stereocenters. The Morgan fingerprint density at radius 2 is 1.69 bits per heavy atom. The Kier molecular flexibility index (Phi) is 3.96. The van der Waals surface area contributed by atoms with Crippen molar-refractivity contribution in [3.8, 4) is 0 Å². The van der Waals surface area contributed by atoms with Crippen LogP contribution >= 0.6 is 0 Å². The third-order valence-electron chi connectivity index (χ3n) is 6.37. The van der Waals surface area contributed by atoms with E-state index in [-0.39, 0.29) is 0 Å². The molecule has 0 spiro atoms. The molecule has 2 aromatic rings. The van der Waals surface area contributed by atoms with Crippen LogP contribution in [0.2, 0.25) is 0 Å². The average molecular weight is 341 g/mol. The fraction of sp³-hybridized carbons (Fsp3) is 0.360. The normalized spacial score (nSPS) is 24.1. The van der Waals surface area contributed by atoms with Crippen LogP contribution in [-0.2, 0) is 19.3 Å². The van der Waals surface area contributed by atoms with Crippen molar-refractivity contribution in [2.75, 3.05) is 0 Å². The quantitative estimate of drug-likeness (QED) is 0.627. The third-order valence-corrected chi connectivity index (χ3v) is 6.37. The van der Waals surface area contributed by atoms with Crippen molar-refractivity contribution < 1.29 is 0 Å². The lowest BCUT2D eigenvalue weighted by Crippen LogP contribution is -2.21. The molecule has 0 saturated heterocycles. The number of hydrogen-bond acceptors (Lipinski definition) is 0. The molecular formula is C25H27N. The maximum absolute atomic E-state index is 2.73. The van der Waals surface area contributed by atoms with E-state index < -0.39 is 0 Å². The molecule has 1 aromatic heterocycles. The number of allylic oxidation sites excluding steroid dienone is 5. The van der Waals surface area contributed by atoms with Crippen molar-refractivity contribution in [3.63, 3.8) is 0 Å². The minimum absolute atomic E-state index is 0.445. The van der Waals surface area contributed by atoms with E-state index >= 15 is 0 Å². The second-order valence-electron chi connectivity index (χ2n) is 7.97. The van der Waals surface area contributed by atoms with Gasteiger partial charge in [0, 0.05) is 11.3 Å². The molecule has 26 heavy (non-hydrogen) atoms. The summed E-state index contributed by atoms with van der Waals surface area (Å²) in [5, 5.41) is 0. The van der Waals surface area contributed by atoms with Crippen molar-refractivity contribution in [2.45, 2.75) is 51.5 Å². The summed E-state index contributed by atoms with van der Waals surface area (Å²) in [6.45, 7) is 2.36. The topological polar surface area (TPSA) is 4.93 Å². The van der Waals surface area contributed by atoms with E-state index in [9.17, 15) is 0 Å². The molecule has 1 aromatic carbocycles. The number of rotatable bonds is 2. The van der Waals surface area contributed by atoms with Crippen molar-refractivity contribution in [3.05, 3.63) is 88.8 Å². The SMILES string of the molecule is CC1C=CC=CC1n1c2c(c3c1C(c1ccccc1)=CCC3)CCCC2. The monoisotopic (exact) mass is 341 g/mol. The van der Waals surface area contributed by atoms with Gasteiger partial charge in [-0.15, -0.1) is 0 Å². The summed E-state index contributed by atoms with van der Waals surface area (Å²) in [6.07, 6.45) is 19.3. The average Bonchev–Trinajstić information content (AvgIpc) is 3.04. The highest BCUT2D eigenvalue weighted by Gasteiger charge is 2.32.